The highest BCUT2D eigenvalue weighted by Crippen LogP contribution is 2.19. The summed E-state index contributed by atoms with van der Waals surface area (Å²) in [6.07, 6.45) is 9.19. The summed E-state index contributed by atoms with van der Waals surface area (Å²) in [5, 5.41) is 18.2. The van der Waals surface area contributed by atoms with Crippen molar-refractivity contribution in [2.45, 2.75) is 72.6 Å². The van der Waals surface area contributed by atoms with E-state index in [1.807, 2.05) is 26.0 Å². The maximum Gasteiger partial charge on any atom is 0.116 e. The topological polar surface area (TPSA) is 40.5 Å². The molecule has 0 aliphatic heterocycles. The molecule has 0 aliphatic carbocycles. The Morgan fingerprint density at radius 2 is 1.20 bits per heavy atom. The number of benzene rings is 2. The fraction of sp³-hybridized carbons (Fsp3) is 0.478. The van der Waals surface area contributed by atoms with Gasteiger partial charge in [0.05, 0.1) is 0 Å². The average Bonchev–Trinajstić information content (AvgIpc) is 2.58. The summed E-state index contributed by atoms with van der Waals surface area (Å²) in [5.41, 5.74) is 4.90. The molecule has 0 spiro atoms. The van der Waals surface area contributed by atoms with Gasteiger partial charge in [0, 0.05) is 0 Å². The summed E-state index contributed by atoms with van der Waals surface area (Å²) in [5.74, 6) is 0.724. The molecule has 0 saturated heterocycles. The van der Waals surface area contributed by atoms with Crippen molar-refractivity contribution in [2.24, 2.45) is 0 Å². The molecule has 2 aromatic carbocycles. The van der Waals surface area contributed by atoms with E-state index in [2.05, 4.69) is 13.8 Å². The lowest BCUT2D eigenvalue weighted by Gasteiger charge is -2.03. The molecule has 138 valence electrons. The zero-order chi connectivity index (χ0) is 18.7. The lowest BCUT2D eigenvalue weighted by Crippen LogP contribution is -1.85. The van der Waals surface area contributed by atoms with Crippen molar-refractivity contribution in [3.05, 3.63) is 58.7 Å². The third-order valence-corrected chi connectivity index (χ3v) is 4.67. The average molecular weight is 343 g/mol. The predicted octanol–water partition coefficient (Wildman–Crippen LogP) is 6.61. The normalized spacial score (nSPS) is 10.2. The number of rotatable bonds is 7. The maximum absolute atomic E-state index is 9.13. The van der Waals surface area contributed by atoms with Crippen molar-refractivity contribution < 1.29 is 10.2 Å². The van der Waals surface area contributed by atoms with E-state index in [1.54, 1.807) is 24.3 Å². The second kappa shape index (κ2) is 11.6. The van der Waals surface area contributed by atoms with Gasteiger partial charge in [-0.1, -0.05) is 51.2 Å². The number of hydrogen-bond donors (Lipinski definition) is 2. The first kappa shape index (κ1) is 21.1. The Morgan fingerprint density at radius 3 is 1.76 bits per heavy atom. The van der Waals surface area contributed by atoms with Crippen LogP contribution in [0.25, 0.3) is 0 Å². The first-order chi connectivity index (χ1) is 11.9. The smallest absolute Gasteiger partial charge is 0.116 e. The summed E-state index contributed by atoms with van der Waals surface area (Å²) < 4.78 is 0. The highest BCUT2D eigenvalue weighted by Gasteiger charge is 1.97. The molecule has 0 heterocycles. The van der Waals surface area contributed by atoms with Crippen LogP contribution in [-0.4, -0.2) is 10.2 Å². The van der Waals surface area contributed by atoms with Crippen LogP contribution in [0.2, 0.25) is 0 Å². The molecule has 0 saturated carbocycles. The fourth-order valence-electron chi connectivity index (χ4n) is 2.78. The van der Waals surface area contributed by atoms with Crippen LogP contribution >= 0.6 is 0 Å². The molecule has 2 nitrogen and oxygen atoms in total. The number of hydrogen-bond acceptors (Lipinski definition) is 2. The molecule has 2 rings (SSSR count). The van der Waals surface area contributed by atoms with Crippen LogP contribution in [0.3, 0.4) is 0 Å². The first-order valence-electron chi connectivity index (χ1n) is 9.48. The predicted molar refractivity (Wildman–Crippen MR) is 108 cm³/mol. The number of aryl methyl sites for hydroxylation is 3. The van der Waals surface area contributed by atoms with Crippen LogP contribution in [0.5, 0.6) is 11.5 Å². The Morgan fingerprint density at radius 1 is 0.680 bits per heavy atom. The van der Waals surface area contributed by atoms with Crippen LogP contribution in [0.4, 0.5) is 0 Å². The molecule has 2 N–H and O–H groups in total. The van der Waals surface area contributed by atoms with Gasteiger partial charge in [-0.15, -0.1) is 0 Å². The molecule has 0 fully saturated rings. The summed E-state index contributed by atoms with van der Waals surface area (Å²) >= 11 is 0. The van der Waals surface area contributed by atoms with Crippen LogP contribution in [0.1, 0.15) is 67.7 Å². The maximum atomic E-state index is 9.13. The van der Waals surface area contributed by atoms with Gasteiger partial charge in [0.15, 0.2) is 0 Å². The largest absolute Gasteiger partial charge is 0.508 e. The molecule has 0 atom stereocenters. The van der Waals surface area contributed by atoms with Crippen LogP contribution < -0.4 is 0 Å². The lowest BCUT2D eigenvalue weighted by molar-refractivity contribution is 0.474. The van der Waals surface area contributed by atoms with E-state index in [0.29, 0.717) is 11.5 Å². The van der Waals surface area contributed by atoms with Gasteiger partial charge in [0.25, 0.3) is 0 Å². The van der Waals surface area contributed by atoms with Crippen molar-refractivity contribution in [3.8, 4) is 11.5 Å². The fourth-order valence-corrected chi connectivity index (χ4v) is 2.78. The minimum absolute atomic E-state index is 0.362. The molecule has 0 unspecified atom stereocenters. The molecule has 0 radical (unpaired) electrons. The summed E-state index contributed by atoms with van der Waals surface area (Å²) in [6.45, 7) is 8.31. The van der Waals surface area contributed by atoms with E-state index in [4.69, 9.17) is 10.2 Å². The monoisotopic (exact) mass is 342 g/mol. The van der Waals surface area contributed by atoms with Gasteiger partial charge < -0.3 is 10.2 Å². The molecular formula is C23H34O2. The minimum atomic E-state index is 0.362. The zero-order valence-electron chi connectivity index (χ0n) is 16.3. The Labute approximate surface area is 153 Å². The van der Waals surface area contributed by atoms with Crippen LogP contribution in [-0.2, 0) is 6.42 Å². The quantitative estimate of drug-likeness (QED) is 0.556. The zero-order valence-corrected chi connectivity index (χ0v) is 16.3. The Balaban J connectivity index is 0.000000271. The van der Waals surface area contributed by atoms with Crippen LogP contribution in [0, 0.1) is 20.8 Å². The standard InChI is InChI=1S/C14H22O.C9H12O/c1-2-3-4-5-6-7-8-13-9-11-14(15)12-10-13;1-6-4-9(10)5-7(2)8(6)3/h9-12,15H,2-8H2,1H3;4-5,10H,1-3H3. The van der Waals surface area contributed by atoms with Gasteiger partial charge in [-0.25, -0.2) is 0 Å². The van der Waals surface area contributed by atoms with Gasteiger partial charge >= 0.3 is 0 Å². The van der Waals surface area contributed by atoms with Crippen LogP contribution in [0.15, 0.2) is 36.4 Å². The second-order valence-corrected chi connectivity index (χ2v) is 6.89. The van der Waals surface area contributed by atoms with Gasteiger partial charge in [-0.05, 0) is 80.1 Å². The second-order valence-electron chi connectivity index (χ2n) is 6.89. The van der Waals surface area contributed by atoms with Gasteiger partial charge in [0.2, 0.25) is 0 Å². The molecule has 0 bridgehead atoms. The molecular weight excluding hydrogens is 308 g/mol. The number of phenolic OH excluding ortho intramolecular Hbond substituents is 2. The van der Waals surface area contributed by atoms with E-state index in [9.17, 15) is 0 Å². The highest BCUT2D eigenvalue weighted by molar-refractivity contribution is 5.39. The summed E-state index contributed by atoms with van der Waals surface area (Å²) in [6, 6.07) is 11.1. The summed E-state index contributed by atoms with van der Waals surface area (Å²) in [4.78, 5) is 0. The van der Waals surface area contributed by atoms with E-state index >= 15 is 0 Å². The van der Waals surface area contributed by atoms with Gasteiger partial charge in [-0.2, -0.15) is 0 Å². The Hall–Kier alpha value is -1.96. The molecule has 0 aromatic heterocycles. The Kier molecular flexibility index (Phi) is 9.76. The van der Waals surface area contributed by atoms with Gasteiger partial charge in [-0.3, -0.25) is 0 Å². The van der Waals surface area contributed by atoms with E-state index in [1.165, 1.54) is 49.7 Å². The highest BCUT2D eigenvalue weighted by atomic mass is 16.3. The van der Waals surface area contributed by atoms with Crippen molar-refractivity contribution >= 4 is 0 Å². The minimum Gasteiger partial charge on any atom is -0.508 e. The van der Waals surface area contributed by atoms with Crippen molar-refractivity contribution in [2.75, 3.05) is 0 Å². The Bertz CT molecular complexity index is 591. The molecule has 0 amide bonds. The van der Waals surface area contributed by atoms with E-state index in [-0.39, 0.29) is 0 Å². The third kappa shape index (κ3) is 8.62. The third-order valence-electron chi connectivity index (χ3n) is 4.67. The summed E-state index contributed by atoms with van der Waals surface area (Å²) in [7, 11) is 0. The van der Waals surface area contributed by atoms with E-state index < -0.39 is 0 Å². The molecule has 2 heteroatoms. The van der Waals surface area contributed by atoms with Crippen molar-refractivity contribution in [1.82, 2.24) is 0 Å². The van der Waals surface area contributed by atoms with Crippen molar-refractivity contribution in [3.63, 3.8) is 0 Å². The molecule has 25 heavy (non-hydrogen) atoms. The van der Waals surface area contributed by atoms with E-state index in [0.717, 1.165) is 17.5 Å². The van der Waals surface area contributed by atoms with Gasteiger partial charge in [0.1, 0.15) is 11.5 Å². The number of phenols is 2. The molecule has 0 aliphatic rings. The van der Waals surface area contributed by atoms with Crippen molar-refractivity contribution in [1.29, 1.82) is 0 Å². The first-order valence-corrected chi connectivity index (χ1v) is 9.48. The number of aromatic hydroxyl groups is 2. The lowest BCUT2D eigenvalue weighted by atomic mass is 10.0. The number of unbranched alkanes of at least 4 members (excludes halogenated alkanes) is 5. The SMILES string of the molecule is CCCCCCCCc1ccc(O)cc1.Cc1cc(O)cc(C)c1C. The molecule has 2 aromatic rings.